The van der Waals surface area contributed by atoms with E-state index in [9.17, 15) is 9.18 Å². The molecule has 0 saturated carbocycles. The summed E-state index contributed by atoms with van der Waals surface area (Å²) in [6.07, 6.45) is -0.347. The van der Waals surface area contributed by atoms with Gasteiger partial charge in [-0.05, 0) is 49.2 Å². The standard InChI is InChI=1S/C16H16FNO2/c1-10-6-7-12(8-11(10)2)18-15-5-3-4-14(17)13(15)9-16(19)20/h3-8,18H,9H2,1-2H3,(H,19,20). The van der Waals surface area contributed by atoms with E-state index in [1.807, 2.05) is 32.0 Å². The van der Waals surface area contributed by atoms with Gasteiger partial charge in [-0.15, -0.1) is 0 Å². The van der Waals surface area contributed by atoms with E-state index in [1.165, 1.54) is 11.6 Å². The Morgan fingerprint density at radius 1 is 1.20 bits per heavy atom. The Labute approximate surface area is 117 Å². The molecule has 20 heavy (non-hydrogen) atoms. The monoisotopic (exact) mass is 273 g/mol. The summed E-state index contributed by atoms with van der Waals surface area (Å²) in [6, 6.07) is 10.3. The fourth-order valence-electron chi connectivity index (χ4n) is 1.98. The van der Waals surface area contributed by atoms with Crippen LogP contribution in [0.15, 0.2) is 36.4 Å². The van der Waals surface area contributed by atoms with E-state index in [4.69, 9.17) is 5.11 Å². The zero-order valence-corrected chi connectivity index (χ0v) is 11.4. The number of halogens is 1. The summed E-state index contributed by atoms with van der Waals surface area (Å²) in [6.45, 7) is 4.00. The highest BCUT2D eigenvalue weighted by Crippen LogP contribution is 2.25. The third-order valence-corrected chi connectivity index (χ3v) is 3.23. The third kappa shape index (κ3) is 3.15. The minimum atomic E-state index is -1.06. The van der Waals surface area contributed by atoms with Crippen LogP contribution in [-0.4, -0.2) is 11.1 Å². The van der Waals surface area contributed by atoms with Gasteiger partial charge in [-0.25, -0.2) is 4.39 Å². The highest BCUT2D eigenvalue weighted by atomic mass is 19.1. The minimum absolute atomic E-state index is 0.165. The second kappa shape index (κ2) is 5.74. The van der Waals surface area contributed by atoms with Crippen molar-refractivity contribution in [3.8, 4) is 0 Å². The van der Waals surface area contributed by atoms with Crippen LogP contribution in [0.5, 0.6) is 0 Å². The molecule has 2 N–H and O–H groups in total. The largest absolute Gasteiger partial charge is 0.481 e. The van der Waals surface area contributed by atoms with Gasteiger partial charge in [-0.2, -0.15) is 0 Å². The maximum absolute atomic E-state index is 13.8. The van der Waals surface area contributed by atoms with E-state index in [0.717, 1.165) is 11.3 Å². The lowest BCUT2D eigenvalue weighted by Gasteiger charge is -2.13. The van der Waals surface area contributed by atoms with Gasteiger partial charge in [0.2, 0.25) is 0 Å². The van der Waals surface area contributed by atoms with Crippen molar-refractivity contribution < 1.29 is 14.3 Å². The summed E-state index contributed by atoms with van der Waals surface area (Å²) in [5.74, 6) is -1.57. The number of aliphatic carboxylic acids is 1. The molecule has 0 aliphatic carbocycles. The van der Waals surface area contributed by atoms with Crippen LogP contribution in [0.2, 0.25) is 0 Å². The van der Waals surface area contributed by atoms with E-state index in [2.05, 4.69) is 5.32 Å². The molecule has 3 nitrogen and oxygen atoms in total. The lowest BCUT2D eigenvalue weighted by atomic mass is 10.1. The first kappa shape index (κ1) is 14.1. The molecule has 0 aliphatic heterocycles. The van der Waals surface area contributed by atoms with Crippen LogP contribution in [-0.2, 0) is 11.2 Å². The zero-order valence-electron chi connectivity index (χ0n) is 11.4. The third-order valence-electron chi connectivity index (χ3n) is 3.23. The second-order valence-electron chi connectivity index (χ2n) is 4.76. The van der Waals surface area contributed by atoms with Gasteiger partial charge < -0.3 is 10.4 Å². The van der Waals surface area contributed by atoms with Gasteiger partial charge in [-0.1, -0.05) is 12.1 Å². The Morgan fingerprint density at radius 2 is 1.95 bits per heavy atom. The molecule has 0 saturated heterocycles. The number of benzene rings is 2. The van der Waals surface area contributed by atoms with Gasteiger partial charge in [0.1, 0.15) is 5.82 Å². The van der Waals surface area contributed by atoms with Gasteiger partial charge in [-0.3, -0.25) is 4.79 Å². The van der Waals surface area contributed by atoms with E-state index in [-0.39, 0.29) is 12.0 Å². The van der Waals surface area contributed by atoms with Crippen molar-refractivity contribution in [3.63, 3.8) is 0 Å². The number of carbonyl (C=O) groups is 1. The van der Waals surface area contributed by atoms with Crippen LogP contribution in [0, 0.1) is 19.7 Å². The second-order valence-corrected chi connectivity index (χ2v) is 4.76. The van der Waals surface area contributed by atoms with Gasteiger partial charge in [0.15, 0.2) is 0 Å². The lowest BCUT2D eigenvalue weighted by Crippen LogP contribution is -2.06. The van der Waals surface area contributed by atoms with Gasteiger partial charge in [0.05, 0.1) is 6.42 Å². The smallest absolute Gasteiger partial charge is 0.308 e. The van der Waals surface area contributed by atoms with E-state index < -0.39 is 11.8 Å². The van der Waals surface area contributed by atoms with Crippen molar-refractivity contribution in [2.75, 3.05) is 5.32 Å². The van der Waals surface area contributed by atoms with Crippen LogP contribution in [0.3, 0.4) is 0 Å². The van der Waals surface area contributed by atoms with Crippen LogP contribution < -0.4 is 5.32 Å². The number of aryl methyl sites for hydroxylation is 2. The molecule has 0 unspecified atom stereocenters. The molecule has 0 aromatic heterocycles. The Hall–Kier alpha value is -2.36. The molecule has 2 aromatic carbocycles. The van der Waals surface area contributed by atoms with Crippen LogP contribution >= 0.6 is 0 Å². The summed E-state index contributed by atoms with van der Waals surface area (Å²) in [5.41, 5.74) is 3.74. The number of hydrogen-bond donors (Lipinski definition) is 2. The summed E-state index contributed by atoms with van der Waals surface area (Å²) in [5, 5.41) is 12.0. The lowest BCUT2D eigenvalue weighted by molar-refractivity contribution is -0.136. The van der Waals surface area contributed by atoms with Crippen molar-refractivity contribution in [3.05, 3.63) is 58.9 Å². The normalized spacial score (nSPS) is 10.3. The Balaban J connectivity index is 2.35. The molecule has 0 heterocycles. The fraction of sp³-hybridized carbons (Fsp3) is 0.188. The molecule has 0 aliphatic rings. The molecule has 2 rings (SSSR count). The number of carboxylic acids is 1. The van der Waals surface area contributed by atoms with Crippen molar-refractivity contribution in [2.45, 2.75) is 20.3 Å². The molecular weight excluding hydrogens is 257 g/mol. The molecule has 0 bridgehead atoms. The van der Waals surface area contributed by atoms with Crippen molar-refractivity contribution >= 4 is 17.3 Å². The molecule has 0 radical (unpaired) electrons. The maximum Gasteiger partial charge on any atom is 0.308 e. The van der Waals surface area contributed by atoms with Crippen molar-refractivity contribution in [2.24, 2.45) is 0 Å². The summed E-state index contributed by atoms with van der Waals surface area (Å²) < 4.78 is 13.8. The van der Waals surface area contributed by atoms with E-state index >= 15 is 0 Å². The van der Waals surface area contributed by atoms with E-state index in [0.29, 0.717) is 5.69 Å². The number of nitrogens with one attached hydrogen (secondary N) is 1. The Kier molecular flexibility index (Phi) is 4.03. The molecule has 0 spiro atoms. The Morgan fingerprint density at radius 3 is 2.60 bits per heavy atom. The van der Waals surface area contributed by atoms with Crippen molar-refractivity contribution in [1.29, 1.82) is 0 Å². The van der Waals surface area contributed by atoms with Gasteiger partial charge >= 0.3 is 5.97 Å². The molecule has 4 heteroatoms. The van der Waals surface area contributed by atoms with Crippen LogP contribution in [0.4, 0.5) is 15.8 Å². The average molecular weight is 273 g/mol. The fourth-order valence-corrected chi connectivity index (χ4v) is 1.98. The first-order valence-corrected chi connectivity index (χ1v) is 6.31. The average Bonchev–Trinajstić information content (AvgIpc) is 2.38. The quantitative estimate of drug-likeness (QED) is 0.890. The number of carboxylic acid groups (broad SMARTS) is 1. The predicted octanol–water partition coefficient (Wildman–Crippen LogP) is 3.81. The van der Waals surface area contributed by atoms with Gasteiger partial charge in [0, 0.05) is 16.9 Å². The highest BCUT2D eigenvalue weighted by Gasteiger charge is 2.12. The maximum atomic E-state index is 13.8. The van der Waals surface area contributed by atoms with Crippen LogP contribution in [0.1, 0.15) is 16.7 Å². The molecule has 0 amide bonds. The summed E-state index contributed by atoms with van der Waals surface area (Å²) in [7, 11) is 0. The van der Waals surface area contributed by atoms with E-state index in [1.54, 1.807) is 12.1 Å². The van der Waals surface area contributed by atoms with Crippen molar-refractivity contribution in [1.82, 2.24) is 0 Å². The predicted molar refractivity (Wildman–Crippen MR) is 76.9 cm³/mol. The molecule has 0 atom stereocenters. The first-order valence-electron chi connectivity index (χ1n) is 6.31. The minimum Gasteiger partial charge on any atom is -0.481 e. The number of hydrogen-bond acceptors (Lipinski definition) is 2. The molecular formula is C16H16FNO2. The first-order chi connectivity index (χ1) is 9.47. The number of rotatable bonds is 4. The number of anilines is 2. The zero-order chi connectivity index (χ0) is 14.7. The van der Waals surface area contributed by atoms with Crippen LogP contribution in [0.25, 0.3) is 0 Å². The topological polar surface area (TPSA) is 49.3 Å². The molecule has 0 fully saturated rings. The summed E-state index contributed by atoms with van der Waals surface area (Å²) >= 11 is 0. The highest BCUT2D eigenvalue weighted by molar-refractivity contribution is 5.75. The Bertz CT molecular complexity index is 653. The van der Waals surface area contributed by atoms with Gasteiger partial charge in [0.25, 0.3) is 0 Å². The molecule has 104 valence electrons. The molecule has 2 aromatic rings. The SMILES string of the molecule is Cc1ccc(Nc2cccc(F)c2CC(=O)O)cc1C. The summed E-state index contributed by atoms with van der Waals surface area (Å²) in [4.78, 5) is 10.8.